The number of likely N-dealkylation sites (N-methyl/N-ethyl adjacent to an activating group) is 1. The lowest BCUT2D eigenvalue weighted by atomic mass is 10.2. The van der Waals surface area contributed by atoms with Crippen LogP contribution in [0.15, 0.2) is 29.2 Å². The van der Waals surface area contributed by atoms with Gasteiger partial charge < -0.3 is 10.1 Å². The topological polar surface area (TPSA) is 58.6 Å². The average molecular weight is 284 g/mol. The normalized spacial score (nSPS) is 20.6. The number of rotatable bonds is 5. The van der Waals surface area contributed by atoms with Crippen molar-refractivity contribution in [2.24, 2.45) is 0 Å². The Labute approximate surface area is 114 Å². The monoisotopic (exact) mass is 284 g/mol. The number of methoxy groups -OCH3 is 1. The summed E-state index contributed by atoms with van der Waals surface area (Å²) in [6.07, 6.45) is 1.83. The van der Waals surface area contributed by atoms with Crippen LogP contribution in [0.2, 0.25) is 0 Å². The van der Waals surface area contributed by atoms with Crippen molar-refractivity contribution in [2.45, 2.75) is 23.8 Å². The van der Waals surface area contributed by atoms with E-state index in [0.29, 0.717) is 23.7 Å². The quantitative estimate of drug-likeness (QED) is 0.878. The Morgan fingerprint density at radius 1 is 1.37 bits per heavy atom. The second-order valence-electron chi connectivity index (χ2n) is 4.65. The lowest BCUT2D eigenvalue weighted by Gasteiger charge is -2.23. The minimum Gasteiger partial charge on any atom is -0.497 e. The molecule has 1 fully saturated rings. The number of hydrogen-bond donors (Lipinski definition) is 1. The zero-order chi connectivity index (χ0) is 13.9. The summed E-state index contributed by atoms with van der Waals surface area (Å²) in [5.41, 5.74) is 0. The minimum atomic E-state index is -3.40. The molecule has 1 aliphatic rings. The third-order valence-electron chi connectivity index (χ3n) is 3.43. The van der Waals surface area contributed by atoms with Crippen LogP contribution in [-0.2, 0) is 10.0 Å². The molecule has 1 aromatic rings. The van der Waals surface area contributed by atoms with Crippen LogP contribution in [0.4, 0.5) is 0 Å². The molecule has 0 radical (unpaired) electrons. The zero-order valence-corrected chi connectivity index (χ0v) is 12.1. The van der Waals surface area contributed by atoms with E-state index in [1.165, 1.54) is 0 Å². The number of nitrogens with one attached hydrogen (secondary N) is 1. The largest absolute Gasteiger partial charge is 0.497 e. The molecule has 2 rings (SSSR count). The van der Waals surface area contributed by atoms with Crippen LogP contribution in [-0.4, -0.2) is 46.0 Å². The van der Waals surface area contributed by atoms with Gasteiger partial charge in [0, 0.05) is 19.1 Å². The number of ether oxygens (including phenoxy) is 1. The Bertz CT molecular complexity index is 513. The van der Waals surface area contributed by atoms with E-state index in [9.17, 15) is 8.42 Å². The smallest absolute Gasteiger partial charge is 0.243 e. The Balaban J connectivity index is 2.25. The summed E-state index contributed by atoms with van der Waals surface area (Å²) < 4.78 is 31.8. The Morgan fingerprint density at radius 2 is 2.05 bits per heavy atom. The number of hydrogen-bond acceptors (Lipinski definition) is 4. The fraction of sp³-hybridized carbons (Fsp3) is 0.538. The highest BCUT2D eigenvalue weighted by Gasteiger charge is 2.34. The first-order valence-electron chi connectivity index (χ1n) is 6.40. The van der Waals surface area contributed by atoms with Crippen molar-refractivity contribution in [1.29, 1.82) is 0 Å². The van der Waals surface area contributed by atoms with Crippen LogP contribution in [0.25, 0.3) is 0 Å². The second-order valence-corrected chi connectivity index (χ2v) is 6.54. The van der Waals surface area contributed by atoms with Crippen LogP contribution in [0.5, 0.6) is 5.75 Å². The van der Waals surface area contributed by atoms with E-state index in [1.807, 2.05) is 7.05 Å². The predicted octanol–water partition coefficient (Wildman–Crippen LogP) is 1.07. The van der Waals surface area contributed by atoms with Gasteiger partial charge in [-0.2, -0.15) is 4.31 Å². The molecule has 1 saturated heterocycles. The van der Waals surface area contributed by atoms with Crippen molar-refractivity contribution in [1.82, 2.24) is 9.62 Å². The van der Waals surface area contributed by atoms with E-state index < -0.39 is 10.0 Å². The van der Waals surface area contributed by atoms with Crippen molar-refractivity contribution in [3.63, 3.8) is 0 Å². The van der Waals surface area contributed by atoms with Crippen LogP contribution in [0.3, 0.4) is 0 Å². The maximum absolute atomic E-state index is 12.6. The lowest BCUT2D eigenvalue weighted by Crippen LogP contribution is -2.40. The van der Waals surface area contributed by atoms with Gasteiger partial charge in [-0.1, -0.05) is 0 Å². The van der Waals surface area contributed by atoms with Crippen molar-refractivity contribution in [2.75, 3.05) is 27.2 Å². The maximum Gasteiger partial charge on any atom is 0.243 e. The third kappa shape index (κ3) is 2.91. The molecule has 0 amide bonds. The van der Waals surface area contributed by atoms with E-state index in [2.05, 4.69) is 5.32 Å². The first kappa shape index (κ1) is 14.3. The van der Waals surface area contributed by atoms with Gasteiger partial charge >= 0.3 is 0 Å². The minimum absolute atomic E-state index is 0.0529. The molecule has 19 heavy (non-hydrogen) atoms. The first-order valence-corrected chi connectivity index (χ1v) is 7.84. The first-order chi connectivity index (χ1) is 9.09. The van der Waals surface area contributed by atoms with Gasteiger partial charge in [-0.25, -0.2) is 8.42 Å². The summed E-state index contributed by atoms with van der Waals surface area (Å²) in [4.78, 5) is 0.330. The molecule has 0 aromatic heterocycles. The van der Waals surface area contributed by atoms with Crippen LogP contribution in [0, 0.1) is 0 Å². The molecule has 1 unspecified atom stereocenters. The summed E-state index contributed by atoms with van der Waals surface area (Å²) >= 11 is 0. The molecule has 1 aromatic carbocycles. The fourth-order valence-electron chi connectivity index (χ4n) is 2.45. The maximum atomic E-state index is 12.6. The summed E-state index contributed by atoms with van der Waals surface area (Å²) in [5, 5.41) is 3.06. The summed E-state index contributed by atoms with van der Waals surface area (Å²) in [6, 6.07) is 6.61. The van der Waals surface area contributed by atoms with Crippen LogP contribution >= 0.6 is 0 Å². The van der Waals surface area contributed by atoms with Gasteiger partial charge in [-0.05, 0) is 44.2 Å². The highest BCUT2D eigenvalue weighted by Crippen LogP contribution is 2.26. The van der Waals surface area contributed by atoms with Gasteiger partial charge in [-0.15, -0.1) is 0 Å². The Kier molecular flexibility index (Phi) is 4.44. The van der Waals surface area contributed by atoms with Gasteiger partial charge in [0.05, 0.1) is 12.0 Å². The summed E-state index contributed by atoms with van der Waals surface area (Å²) in [6.45, 7) is 1.29. The molecule has 0 saturated carbocycles. The van der Waals surface area contributed by atoms with Gasteiger partial charge in [-0.3, -0.25) is 0 Å². The van der Waals surface area contributed by atoms with Gasteiger partial charge in [0.2, 0.25) is 10.0 Å². The van der Waals surface area contributed by atoms with E-state index in [0.717, 1.165) is 12.8 Å². The lowest BCUT2D eigenvalue weighted by molar-refractivity contribution is 0.379. The Hall–Kier alpha value is -1.11. The highest BCUT2D eigenvalue weighted by molar-refractivity contribution is 7.89. The molecule has 106 valence electrons. The molecule has 1 atom stereocenters. The van der Waals surface area contributed by atoms with Crippen molar-refractivity contribution in [3.8, 4) is 5.75 Å². The zero-order valence-electron chi connectivity index (χ0n) is 11.3. The predicted molar refractivity (Wildman–Crippen MR) is 73.8 cm³/mol. The molecule has 1 heterocycles. The summed E-state index contributed by atoms with van der Waals surface area (Å²) in [5.74, 6) is 0.659. The van der Waals surface area contributed by atoms with Crippen molar-refractivity contribution >= 4 is 10.0 Å². The molecular weight excluding hydrogens is 264 g/mol. The fourth-order valence-corrected chi connectivity index (χ4v) is 4.14. The van der Waals surface area contributed by atoms with Gasteiger partial charge in [0.1, 0.15) is 5.75 Å². The van der Waals surface area contributed by atoms with E-state index in [-0.39, 0.29) is 6.04 Å². The van der Waals surface area contributed by atoms with Crippen LogP contribution in [0.1, 0.15) is 12.8 Å². The second kappa shape index (κ2) is 5.90. The van der Waals surface area contributed by atoms with E-state index in [4.69, 9.17) is 4.74 Å². The standard InChI is InChI=1S/C13H20N2O3S/c1-14-10-11-4-3-9-15(11)19(16,17)13-7-5-12(18-2)6-8-13/h5-8,11,14H,3-4,9-10H2,1-2H3. The average Bonchev–Trinajstić information content (AvgIpc) is 2.88. The molecule has 6 heteroatoms. The molecule has 0 bridgehead atoms. The van der Waals surface area contributed by atoms with Crippen molar-refractivity contribution in [3.05, 3.63) is 24.3 Å². The number of sulfonamides is 1. The molecule has 0 spiro atoms. The molecule has 1 aliphatic heterocycles. The summed E-state index contributed by atoms with van der Waals surface area (Å²) in [7, 11) is 0.00891. The van der Waals surface area contributed by atoms with Crippen LogP contribution < -0.4 is 10.1 Å². The molecule has 5 nitrogen and oxygen atoms in total. The molecular formula is C13H20N2O3S. The molecule has 0 aliphatic carbocycles. The Morgan fingerprint density at radius 3 is 2.63 bits per heavy atom. The van der Waals surface area contributed by atoms with E-state index in [1.54, 1.807) is 35.7 Å². The van der Waals surface area contributed by atoms with Gasteiger partial charge in [0.15, 0.2) is 0 Å². The van der Waals surface area contributed by atoms with Crippen molar-refractivity contribution < 1.29 is 13.2 Å². The molecule has 1 N–H and O–H groups in total. The number of benzene rings is 1. The van der Waals surface area contributed by atoms with Gasteiger partial charge in [0.25, 0.3) is 0 Å². The third-order valence-corrected chi connectivity index (χ3v) is 5.39. The highest BCUT2D eigenvalue weighted by atomic mass is 32.2. The number of nitrogens with zero attached hydrogens (tertiary/aromatic N) is 1. The van der Waals surface area contributed by atoms with E-state index >= 15 is 0 Å². The SMILES string of the molecule is CNCC1CCCN1S(=O)(=O)c1ccc(OC)cc1.